The first-order chi connectivity index (χ1) is 26.0. The molecule has 0 rings (SSSR count). The summed E-state index contributed by atoms with van der Waals surface area (Å²) >= 11 is 0. The molecule has 0 aromatic carbocycles. The van der Waals surface area contributed by atoms with Crippen LogP contribution in [0.1, 0.15) is 239 Å². The van der Waals surface area contributed by atoms with Crippen molar-refractivity contribution < 1.29 is 28.6 Å². The predicted molar refractivity (Wildman–Crippen MR) is 224 cm³/mol. The minimum atomic E-state index is -0.767. The Morgan fingerprint density at radius 2 is 0.679 bits per heavy atom. The second-order valence-corrected chi connectivity index (χ2v) is 15.3. The molecule has 0 bridgehead atoms. The van der Waals surface area contributed by atoms with E-state index in [9.17, 15) is 14.4 Å². The van der Waals surface area contributed by atoms with Crippen molar-refractivity contribution in [2.45, 2.75) is 245 Å². The molecule has 0 N–H and O–H groups in total. The van der Waals surface area contributed by atoms with E-state index in [4.69, 9.17) is 14.2 Å². The van der Waals surface area contributed by atoms with E-state index < -0.39 is 6.10 Å². The van der Waals surface area contributed by atoms with Crippen molar-refractivity contribution in [1.29, 1.82) is 0 Å². The summed E-state index contributed by atoms with van der Waals surface area (Å²) in [6, 6.07) is 0. The summed E-state index contributed by atoms with van der Waals surface area (Å²) in [5.74, 6) is -0.896. The monoisotopic (exact) mass is 747 g/mol. The van der Waals surface area contributed by atoms with E-state index in [1.807, 2.05) is 0 Å². The molecule has 310 valence electrons. The third-order valence-corrected chi connectivity index (χ3v) is 9.96. The predicted octanol–water partition coefficient (Wildman–Crippen LogP) is 14.4. The lowest BCUT2D eigenvalue weighted by Gasteiger charge is -2.18. The van der Waals surface area contributed by atoms with Crippen LogP contribution in [0.2, 0.25) is 0 Å². The molecular formula is C47H86O6. The lowest BCUT2D eigenvalue weighted by Crippen LogP contribution is -2.30. The number of allylic oxidation sites excluding steroid dienone is 4. The largest absolute Gasteiger partial charge is 0.462 e. The molecule has 0 aliphatic rings. The Morgan fingerprint density at radius 3 is 1.06 bits per heavy atom. The highest BCUT2D eigenvalue weighted by atomic mass is 16.6. The Balaban J connectivity index is 4.22. The molecule has 0 amide bonds. The van der Waals surface area contributed by atoms with E-state index in [0.29, 0.717) is 19.3 Å². The molecule has 0 aliphatic heterocycles. The zero-order valence-corrected chi connectivity index (χ0v) is 35.3. The fraction of sp³-hybridized carbons (Fsp3) is 0.851. The summed E-state index contributed by atoms with van der Waals surface area (Å²) in [7, 11) is 0. The van der Waals surface area contributed by atoms with Crippen LogP contribution in [0.25, 0.3) is 0 Å². The van der Waals surface area contributed by atoms with Crippen molar-refractivity contribution in [3.63, 3.8) is 0 Å². The van der Waals surface area contributed by atoms with Crippen LogP contribution in [0.5, 0.6) is 0 Å². The number of rotatable bonds is 41. The number of carbonyl (C=O) groups is 3. The van der Waals surface area contributed by atoms with Gasteiger partial charge in [0.25, 0.3) is 0 Å². The van der Waals surface area contributed by atoms with E-state index >= 15 is 0 Å². The lowest BCUT2D eigenvalue weighted by molar-refractivity contribution is -0.167. The molecule has 6 nitrogen and oxygen atoms in total. The standard InChI is InChI=1S/C47H86O6/c1-4-7-10-13-15-17-19-21-23-24-26-27-29-31-34-37-40-46(49)52-43-44(42-51-45(48)39-36-33-12-9-6-3)53-47(50)41-38-35-32-30-28-25-22-20-18-16-14-11-8-5-2/h17,19,23-24,44H,4-16,18,20-22,25-43H2,1-3H3/b19-17-,24-23-. The molecule has 0 aromatic rings. The summed E-state index contributed by atoms with van der Waals surface area (Å²) < 4.78 is 16.6. The maximum Gasteiger partial charge on any atom is 0.306 e. The minimum Gasteiger partial charge on any atom is -0.462 e. The molecule has 0 saturated carbocycles. The van der Waals surface area contributed by atoms with Crippen LogP contribution in [0.4, 0.5) is 0 Å². The van der Waals surface area contributed by atoms with Gasteiger partial charge in [0.1, 0.15) is 13.2 Å². The molecule has 1 unspecified atom stereocenters. The number of hydrogen-bond donors (Lipinski definition) is 0. The Kier molecular flexibility index (Phi) is 40.9. The first-order valence-electron chi connectivity index (χ1n) is 22.8. The second kappa shape index (κ2) is 42.6. The Labute approximate surface area is 328 Å². The van der Waals surface area contributed by atoms with Crippen LogP contribution in [0.3, 0.4) is 0 Å². The topological polar surface area (TPSA) is 78.9 Å². The zero-order chi connectivity index (χ0) is 38.7. The Hall–Kier alpha value is -2.11. The van der Waals surface area contributed by atoms with Gasteiger partial charge >= 0.3 is 17.9 Å². The highest BCUT2D eigenvalue weighted by Gasteiger charge is 2.19. The lowest BCUT2D eigenvalue weighted by atomic mass is 10.0. The smallest absolute Gasteiger partial charge is 0.306 e. The van der Waals surface area contributed by atoms with Crippen molar-refractivity contribution in [2.75, 3.05) is 13.2 Å². The van der Waals surface area contributed by atoms with E-state index in [1.54, 1.807) is 0 Å². The highest BCUT2D eigenvalue weighted by molar-refractivity contribution is 5.71. The van der Waals surface area contributed by atoms with Crippen LogP contribution in [0, 0.1) is 0 Å². The van der Waals surface area contributed by atoms with Gasteiger partial charge in [-0.25, -0.2) is 0 Å². The van der Waals surface area contributed by atoms with Gasteiger partial charge < -0.3 is 14.2 Å². The fourth-order valence-corrected chi connectivity index (χ4v) is 6.47. The molecule has 0 aliphatic carbocycles. The molecule has 53 heavy (non-hydrogen) atoms. The van der Waals surface area contributed by atoms with E-state index in [2.05, 4.69) is 45.1 Å². The molecular weight excluding hydrogens is 661 g/mol. The Morgan fingerprint density at radius 1 is 0.377 bits per heavy atom. The number of esters is 3. The fourth-order valence-electron chi connectivity index (χ4n) is 6.47. The quantitative estimate of drug-likeness (QED) is 0.0268. The summed E-state index contributed by atoms with van der Waals surface area (Å²) in [5, 5.41) is 0. The van der Waals surface area contributed by atoms with Gasteiger partial charge in [0.05, 0.1) is 0 Å². The summed E-state index contributed by atoms with van der Waals surface area (Å²) in [6.07, 6.45) is 46.1. The van der Waals surface area contributed by atoms with Gasteiger partial charge in [-0.1, -0.05) is 193 Å². The average Bonchev–Trinajstić information content (AvgIpc) is 3.15. The molecule has 0 heterocycles. The van der Waals surface area contributed by atoms with Crippen molar-refractivity contribution in [3.05, 3.63) is 24.3 Å². The maximum atomic E-state index is 12.7. The molecule has 6 heteroatoms. The number of hydrogen-bond acceptors (Lipinski definition) is 6. The summed E-state index contributed by atoms with van der Waals surface area (Å²) in [5.41, 5.74) is 0. The van der Waals surface area contributed by atoms with Crippen LogP contribution in [-0.2, 0) is 28.6 Å². The SMILES string of the molecule is CCCCCC/C=C\C/C=C\CCCCCCCC(=O)OCC(COC(=O)CCCCCCC)OC(=O)CCCCCCCCCCCCCCCC. The van der Waals surface area contributed by atoms with E-state index in [0.717, 1.165) is 83.5 Å². The molecule has 0 saturated heterocycles. The van der Waals surface area contributed by atoms with Crippen LogP contribution < -0.4 is 0 Å². The second-order valence-electron chi connectivity index (χ2n) is 15.3. The van der Waals surface area contributed by atoms with Crippen LogP contribution in [-0.4, -0.2) is 37.2 Å². The molecule has 0 radical (unpaired) electrons. The zero-order valence-electron chi connectivity index (χ0n) is 35.3. The Bertz CT molecular complexity index is 865. The first-order valence-corrected chi connectivity index (χ1v) is 22.8. The number of unbranched alkanes of at least 4 members (excludes halogenated alkanes) is 26. The van der Waals surface area contributed by atoms with Crippen LogP contribution in [0.15, 0.2) is 24.3 Å². The molecule has 0 spiro atoms. The van der Waals surface area contributed by atoms with Gasteiger partial charge in [0.15, 0.2) is 6.10 Å². The third-order valence-electron chi connectivity index (χ3n) is 9.96. The van der Waals surface area contributed by atoms with Gasteiger partial charge in [0.2, 0.25) is 0 Å². The van der Waals surface area contributed by atoms with E-state index in [1.165, 1.54) is 116 Å². The third kappa shape index (κ3) is 40.9. The highest BCUT2D eigenvalue weighted by Crippen LogP contribution is 2.15. The van der Waals surface area contributed by atoms with Crippen molar-refractivity contribution in [1.82, 2.24) is 0 Å². The van der Waals surface area contributed by atoms with Crippen molar-refractivity contribution >= 4 is 17.9 Å². The van der Waals surface area contributed by atoms with E-state index in [-0.39, 0.29) is 31.1 Å². The van der Waals surface area contributed by atoms with Gasteiger partial charge in [-0.15, -0.1) is 0 Å². The maximum absolute atomic E-state index is 12.7. The normalized spacial score (nSPS) is 12.1. The molecule has 1 atom stereocenters. The van der Waals surface area contributed by atoms with Gasteiger partial charge in [-0.05, 0) is 51.4 Å². The van der Waals surface area contributed by atoms with Gasteiger partial charge in [0, 0.05) is 19.3 Å². The number of carbonyl (C=O) groups excluding carboxylic acids is 3. The molecule has 0 fully saturated rings. The van der Waals surface area contributed by atoms with Gasteiger partial charge in [-0.3, -0.25) is 14.4 Å². The van der Waals surface area contributed by atoms with Crippen molar-refractivity contribution in [3.8, 4) is 0 Å². The molecule has 0 aromatic heterocycles. The average molecular weight is 747 g/mol. The first kappa shape index (κ1) is 50.9. The number of ether oxygens (including phenoxy) is 3. The van der Waals surface area contributed by atoms with Crippen LogP contribution >= 0.6 is 0 Å². The van der Waals surface area contributed by atoms with Crippen molar-refractivity contribution in [2.24, 2.45) is 0 Å². The minimum absolute atomic E-state index is 0.0741. The summed E-state index contributed by atoms with van der Waals surface area (Å²) in [4.78, 5) is 37.5. The summed E-state index contributed by atoms with van der Waals surface area (Å²) in [6.45, 7) is 6.53. The van der Waals surface area contributed by atoms with Gasteiger partial charge in [-0.2, -0.15) is 0 Å².